The minimum atomic E-state index is 0.189. The number of anilines is 1. The van der Waals surface area contributed by atoms with E-state index in [1.807, 2.05) is 25.1 Å². The van der Waals surface area contributed by atoms with Gasteiger partial charge in [0.15, 0.2) is 0 Å². The van der Waals surface area contributed by atoms with Crippen molar-refractivity contribution in [2.24, 2.45) is 0 Å². The second kappa shape index (κ2) is 7.21. The number of carbonyl (C=O) groups excluding carboxylic acids is 1. The number of amides is 1. The molecule has 1 aliphatic carbocycles. The van der Waals surface area contributed by atoms with Crippen LogP contribution in [0.1, 0.15) is 42.9 Å². The zero-order chi connectivity index (χ0) is 19.1. The molecule has 1 fully saturated rings. The lowest BCUT2D eigenvalue weighted by molar-refractivity contribution is -0.113. The Morgan fingerprint density at radius 2 is 1.61 bits per heavy atom. The Bertz CT molecular complexity index is 924. The van der Waals surface area contributed by atoms with Gasteiger partial charge in [-0.1, -0.05) is 48.5 Å². The van der Waals surface area contributed by atoms with Crippen LogP contribution in [-0.4, -0.2) is 36.0 Å². The molecule has 5 rings (SSSR count). The predicted octanol–water partition coefficient (Wildman–Crippen LogP) is 4.46. The molecule has 144 valence electrons. The average Bonchev–Trinajstić information content (AvgIpc) is 3.04. The minimum Gasteiger partial charge on any atom is -0.305 e. The summed E-state index contributed by atoms with van der Waals surface area (Å²) in [4.78, 5) is 17.8. The number of rotatable bonds is 2. The third kappa shape index (κ3) is 2.89. The molecule has 2 aliphatic heterocycles. The summed E-state index contributed by atoms with van der Waals surface area (Å²) in [5.41, 5.74) is 6.13. The van der Waals surface area contributed by atoms with Crippen molar-refractivity contribution in [1.82, 2.24) is 4.90 Å². The molecule has 0 aromatic heterocycles. The number of carbonyl (C=O) groups is 1. The molecule has 0 bridgehead atoms. The molecular weight excluding hydrogens is 344 g/mol. The molecule has 0 saturated carbocycles. The van der Waals surface area contributed by atoms with Crippen LogP contribution in [0.5, 0.6) is 0 Å². The number of fused-ring (bicyclic) bond motifs is 2. The van der Waals surface area contributed by atoms with Crippen LogP contribution in [0, 0.1) is 0 Å². The number of aryl methyl sites for hydroxylation is 1. The Balaban J connectivity index is 1.29. The van der Waals surface area contributed by atoms with Crippen molar-refractivity contribution < 1.29 is 4.79 Å². The molecule has 2 aromatic rings. The van der Waals surface area contributed by atoms with Gasteiger partial charge in [0.05, 0.1) is 5.69 Å². The van der Waals surface area contributed by atoms with Crippen molar-refractivity contribution in [2.75, 3.05) is 18.0 Å². The molecule has 0 spiro atoms. The summed E-state index contributed by atoms with van der Waals surface area (Å²) in [6, 6.07) is 18.2. The Kier molecular flexibility index (Phi) is 4.56. The van der Waals surface area contributed by atoms with Gasteiger partial charge in [0.2, 0.25) is 0 Å². The Morgan fingerprint density at radius 3 is 2.39 bits per heavy atom. The number of nitrogens with zero attached hydrogens (tertiary/aromatic N) is 2. The van der Waals surface area contributed by atoms with Crippen LogP contribution >= 0.6 is 0 Å². The summed E-state index contributed by atoms with van der Waals surface area (Å²) in [7, 11) is 0. The van der Waals surface area contributed by atoms with E-state index in [1.165, 1.54) is 30.4 Å². The number of hydrogen-bond acceptors (Lipinski definition) is 2. The third-order valence-electron chi connectivity index (χ3n) is 6.89. The van der Waals surface area contributed by atoms with Crippen LogP contribution in [0.4, 0.5) is 5.69 Å². The highest BCUT2D eigenvalue weighted by Crippen LogP contribution is 2.40. The quantitative estimate of drug-likeness (QED) is 0.727. The number of benzene rings is 2. The lowest BCUT2D eigenvalue weighted by Crippen LogP contribution is -2.50. The number of para-hydroxylation sites is 1. The summed E-state index contributed by atoms with van der Waals surface area (Å²) in [6.07, 6.45) is 7.73. The lowest BCUT2D eigenvalue weighted by atomic mass is 9.86. The Hall–Kier alpha value is -2.39. The molecule has 1 amide bonds. The third-order valence-corrected chi connectivity index (χ3v) is 6.89. The van der Waals surface area contributed by atoms with E-state index in [0.717, 1.165) is 42.8 Å². The molecule has 3 nitrogen and oxygen atoms in total. The van der Waals surface area contributed by atoms with Crippen LogP contribution < -0.4 is 4.90 Å². The fourth-order valence-corrected chi connectivity index (χ4v) is 5.41. The zero-order valence-corrected chi connectivity index (χ0v) is 16.6. The average molecular weight is 373 g/mol. The zero-order valence-electron chi connectivity index (χ0n) is 16.6. The smallest absolute Gasteiger partial charge is 0.258 e. The normalized spacial score (nSPS) is 24.5. The maximum Gasteiger partial charge on any atom is 0.258 e. The first-order chi connectivity index (χ1) is 13.8. The van der Waals surface area contributed by atoms with Gasteiger partial charge in [-0.05, 0) is 56.2 Å². The minimum absolute atomic E-state index is 0.189. The van der Waals surface area contributed by atoms with E-state index in [1.54, 1.807) is 0 Å². The van der Waals surface area contributed by atoms with Crippen LogP contribution in [0.2, 0.25) is 0 Å². The maximum atomic E-state index is 13.1. The molecule has 2 aromatic carbocycles. The number of likely N-dealkylation sites (tertiary alicyclic amines) is 1. The van der Waals surface area contributed by atoms with E-state index in [2.05, 4.69) is 46.2 Å². The van der Waals surface area contributed by atoms with Gasteiger partial charge in [0.25, 0.3) is 5.91 Å². The molecule has 0 radical (unpaired) electrons. The fourth-order valence-electron chi connectivity index (χ4n) is 5.41. The van der Waals surface area contributed by atoms with Crippen molar-refractivity contribution in [2.45, 2.75) is 51.1 Å². The first-order valence-corrected chi connectivity index (χ1v) is 10.7. The topological polar surface area (TPSA) is 23.6 Å². The van der Waals surface area contributed by atoms with E-state index in [4.69, 9.17) is 0 Å². The van der Waals surface area contributed by atoms with E-state index in [0.29, 0.717) is 12.1 Å². The molecular formula is C25H28N2O. The highest BCUT2D eigenvalue weighted by Gasteiger charge is 2.38. The van der Waals surface area contributed by atoms with Crippen molar-refractivity contribution in [3.63, 3.8) is 0 Å². The SMILES string of the molecule is C/C=C1\C(=O)N(C2CCN(C3CCc4ccccc4C3)CC2)c2ccccc21. The molecule has 3 aliphatic rings. The van der Waals surface area contributed by atoms with E-state index < -0.39 is 0 Å². The van der Waals surface area contributed by atoms with Gasteiger partial charge in [-0.25, -0.2) is 0 Å². The van der Waals surface area contributed by atoms with Crippen molar-refractivity contribution >= 4 is 17.2 Å². The van der Waals surface area contributed by atoms with Gasteiger partial charge in [0.1, 0.15) is 0 Å². The molecule has 0 N–H and O–H groups in total. The molecule has 2 heterocycles. The van der Waals surface area contributed by atoms with Crippen LogP contribution in [-0.2, 0) is 17.6 Å². The summed E-state index contributed by atoms with van der Waals surface area (Å²) >= 11 is 0. The van der Waals surface area contributed by atoms with Gasteiger partial charge in [-0.3, -0.25) is 9.69 Å². The van der Waals surface area contributed by atoms with Crippen molar-refractivity contribution in [1.29, 1.82) is 0 Å². The molecule has 1 atom stereocenters. The standard InChI is InChI=1S/C25H28N2O/c1-2-22-23-9-5-6-10-24(23)27(25(22)28)20-13-15-26(16-14-20)21-12-11-18-7-3-4-8-19(18)17-21/h2-10,20-21H,11-17H2,1H3/b22-2-. The van der Waals surface area contributed by atoms with Crippen LogP contribution in [0.25, 0.3) is 5.57 Å². The number of allylic oxidation sites excluding steroid dienone is 1. The summed E-state index contributed by atoms with van der Waals surface area (Å²) in [5.74, 6) is 0.189. The van der Waals surface area contributed by atoms with E-state index >= 15 is 0 Å². The highest BCUT2D eigenvalue weighted by atomic mass is 16.2. The van der Waals surface area contributed by atoms with Gasteiger partial charge >= 0.3 is 0 Å². The van der Waals surface area contributed by atoms with Crippen molar-refractivity contribution in [3.05, 3.63) is 71.3 Å². The summed E-state index contributed by atoms with van der Waals surface area (Å²) in [6.45, 7) is 4.15. The van der Waals surface area contributed by atoms with E-state index in [9.17, 15) is 4.79 Å². The Labute approximate surface area is 167 Å². The molecule has 1 unspecified atom stereocenters. The second-order valence-electron chi connectivity index (χ2n) is 8.33. The maximum absolute atomic E-state index is 13.1. The molecule has 28 heavy (non-hydrogen) atoms. The van der Waals surface area contributed by atoms with Gasteiger partial charge in [0, 0.05) is 36.3 Å². The molecule has 1 saturated heterocycles. The first-order valence-electron chi connectivity index (χ1n) is 10.7. The Morgan fingerprint density at radius 1 is 0.893 bits per heavy atom. The largest absolute Gasteiger partial charge is 0.305 e. The first kappa shape index (κ1) is 17.7. The van der Waals surface area contributed by atoms with E-state index in [-0.39, 0.29) is 5.91 Å². The van der Waals surface area contributed by atoms with Gasteiger partial charge in [-0.2, -0.15) is 0 Å². The lowest BCUT2D eigenvalue weighted by Gasteiger charge is -2.42. The van der Waals surface area contributed by atoms with Crippen LogP contribution in [0.15, 0.2) is 54.6 Å². The summed E-state index contributed by atoms with van der Waals surface area (Å²) in [5, 5.41) is 0. The second-order valence-corrected chi connectivity index (χ2v) is 8.33. The van der Waals surface area contributed by atoms with Gasteiger partial charge in [-0.15, -0.1) is 0 Å². The number of hydrogen-bond donors (Lipinski definition) is 0. The van der Waals surface area contributed by atoms with Crippen LogP contribution in [0.3, 0.4) is 0 Å². The predicted molar refractivity (Wildman–Crippen MR) is 114 cm³/mol. The fraction of sp³-hybridized carbons (Fsp3) is 0.400. The highest BCUT2D eigenvalue weighted by molar-refractivity contribution is 6.32. The number of piperidine rings is 1. The van der Waals surface area contributed by atoms with Crippen molar-refractivity contribution in [3.8, 4) is 0 Å². The monoisotopic (exact) mass is 372 g/mol. The summed E-state index contributed by atoms with van der Waals surface area (Å²) < 4.78 is 0. The molecule has 3 heteroatoms. The van der Waals surface area contributed by atoms with Gasteiger partial charge < -0.3 is 4.90 Å².